The van der Waals surface area contributed by atoms with Crippen LogP contribution in [0.3, 0.4) is 0 Å². The second kappa shape index (κ2) is 7.73. The highest BCUT2D eigenvalue weighted by atomic mass is 16.5. The fraction of sp³-hybridized carbons (Fsp3) is 0.174. The van der Waals surface area contributed by atoms with E-state index in [-0.39, 0.29) is 5.56 Å². The molecule has 31 heavy (non-hydrogen) atoms. The first-order valence-corrected chi connectivity index (χ1v) is 9.92. The summed E-state index contributed by atoms with van der Waals surface area (Å²) in [6.45, 7) is 2.84. The zero-order chi connectivity index (χ0) is 21.4. The first-order valence-electron chi connectivity index (χ1n) is 9.92. The van der Waals surface area contributed by atoms with Gasteiger partial charge in [-0.25, -0.2) is 15.0 Å². The van der Waals surface area contributed by atoms with Crippen LogP contribution in [-0.4, -0.2) is 44.1 Å². The zero-order valence-corrected chi connectivity index (χ0v) is 17.2. The third kappa shape index (κ3) is 3.36. The minimum atomic E-state index is -0.193. The third-order valence-corrected chi connectivity index (χ3v) is 5.11. The standard InChI is InChI=1S/C23H20N6O2/c1-15-6-5-7-16(12-15)13-25-29-21-19(23(30)28(14-24-21)10-11-31-2)20-22(29)27-18-9-4-3-8-17(18)26-20/h3-9,12-14H,10-11H2,1-2H3/b25-13-. The van der Waals surface area contributed by atoms with Crippen molar-refractivity contribution in [2.45, 2.75) is 13.5 Å². The van der Waals surface area contributed by atoms with Crippen LogP contribution >= 0.6 is 0 Å². The number of rotatable bonds is 5. The van der Waals surface area contributed by atoms with E-state index in [0.29, 0.717) is 40.9 Å². The van der Waals surface area contributed by atoms with Gasteiger partial charge in [-0.2, -0.15) is 9.78 Å². The number of benzene rings is 2. The smallest absolute Gasteiger partial charge is 0.265 e. The zero-order valence-electron chi connectivity index (χ0n) is 17.2. The summed E-state index contributed by atoms with van der Waals surface area (Å²) in [6, 6.07) is 15.6. The topological polar surface area (TPSA) is 87.2 Å². The van der Waals surface area contributed by atoms with E-state index in [1.165, 1.54) is 10.9 Å². The lowest BCUT2D eigenvalue weighted by atomic mass is 10.2. The Morgan fingerprint density at radius 2 is 1.87 bits per heavy atom. The molecule has 0 bridgehead atoms. The van der Waals surface area contributed by atoms with E-state index in [0.717, 1.165) is 16.6 Å². The van der Waals surface area contributed by atoms with Gasteiger partial charge in [0.1, 0.15) is 17.2 Å². The number of fused-ring (bicyclic) bond motifs is 4. The van der Waals surface area contributed by atoms with Crippen molar-refractivity contribution in [1.29, 1.82) is 0 Å². The normalized spacial score (nSPS) is 11.9. The first kappa shape index (κ1) is 19.1. The summed E-state index contributed by atoms with van der Waals surface area (Å²) in [5.41, 5.74) is 4.72. The minimum Gasteiger partial charge on any atom is -0.383 e. The van der Waals surface area contributed by atoms with Gasteiger partial charge in [-0.05, 0) is 24.6 Å². The number of nitrogens with zero attached hydrogens (tertiary/aromatic N) is 6. The van der Waals surface area contributed by atoms with E-state index >= 15 is 0 Å². The number of hydrogen-bond acceptors (Lipinski definition) is 6. The molecule has 8 nitrogen and oxygen atoms in total. The molecule has 2 aromatic carbocycles. The van der Waals surface area contributed by atoms with Crippen LogP contribution in [0, 0.1) is 6.92 Å². The molecule has 0 atom stereocenters. The van der Waals surface area contributed by atoms with Crippen LogP contribution in [0.2, 0.25) is 0 Å². The summed E-state index contributed by atoms with van der Waals surface area (Å²) in [5.74, 6) is 0. The van der Waals surface area contributed by atoms with Crippen molar-refractivity contribution in [3.8, 4) is 0 Å². The van der Waals surface area contributed by atoms with Crippen molar-refractivity contribution in [2.24, 2.45) is 5.10 Å². The highest BCUT2D eigenvalue weighted by Crippen LogP contribution is 2.24. The number of methoxy groups -OCH3 is 1. The molecule has 0 aliphatic carbocycles. The van der Waals surface area contributed by atoms with Gasteiger partial charge in [0, 0.05) is 7.11 Å². The predicted octanol–water partition coefficient (Wildman–Crippen LogP) is 3.13. The van der Waals surface area contributed by atoms with E-state index < -0.39 is 0 Å². The van der Waals surface area contributed by atoms with Crippen LogP contribution < -0.4 is 5.56 Å². The van der Waals surface area contributed by atoms with Gasteiger partial charge in [0.25, 0.3) is 5.56 Å². The van der Waals surface area contributed by atoms with Gasteiger partial charge in [-0.15, -0.1) is 0 Å². The molecule has 0 fully saturated rings. The van der Waals surface area contributed by atoms with E-state index in [9.17, 15) is 4.79 Å². The average molecular weight is 412 g/mol. The van der Waals surface area contributed by atoms with Crippen LogP contribution in [0.15, 0.2) is 64.8 Å². The monoisotopic (exact) mass is 412 g/mol. The van der Waals surface area contributed by atoms with Gasteiger partial charge in [0.05, 0.1) is 30.4 Å². The lowest BCUT2D eigenvalue weighted by Gasteiger charge is -2.04. The summed E-state index contributed by atoms with van der Waals surface area (Å²) in [7, 11) is 1.60. The van der Waals surface area contributed by atoms with Gasteiger partial charge < -0.3 is 4.74 Å². The van der Waals surface area contributed by atoms with Gasteiger partial charge in [-0.3, -0.25) is 9.36 Å². The van der Waals surface area contributed by atoms with E-state index in [1.807, 2.05) is 55.5 Å². The van der Waals surface area contributed by atoms with Crippen LogP contribution in [0.4, 0.5) is 0 Å². The molecule has 0 saturated heterocycles. The van der Waals surface area contributed by atoms with Gasteiger partial charge in [-0.1, -0.05) is 42.0 Å². The van der Waals surface area contributed by atoms with Crippen LogP contribution in [0.5, 0.6) is 0 Å². The second-order valence-electron chi connectivity index (χ2n) is 7.29. The predicted molar refractivity (Wildman–Crippen MR) is 121 cm³/mol. The third-order valence-electron chi connectivity index (χ3n) is 5.11. The molecule has 5 rings (SSSR count). The number of aryl methyl sites for hydroxylation is 1. The maximum Gasteiger partial charge on any atom is 0.265 e. The van der Waals surface area contributed by atoms with Crippen LogP contribution in [-0.2, 0) is 11.3 Å². The number of ether oxygens (including phenoxy) is 1. The Morgan fingerprint density at radius 3 is 2.65 bits per heavy atom. The van der Waals surface area contributed by atoms with E-state index in [1.54, 1.807) is 18.0 Å². The molecule has 0 N–H and O–H groups in total. The lowest BCUT2D eigenvalue weighted by molar-refractivity contribution is 0.186. The Balaban J connectivity index is 1.80. The van der Waals surface area contributed by atoms with Crippen molar-refractivity contribution in [3.63, 3.8) is 0 Å². The van der Waals surface area contributed by atoms with E-state index in [2.05, 4.69) is 10.1 Å². The SMILES string of the molecule is COCCn1cnc2c(c1=O)c1nc3ccccc3nc1n2/N=C\c1cccc(C)c1. The highest BCUT2D eigenvalue weighted by molar-refractivity contribution is 6.04. The molecule has 5 aromatic rings. The molecular weight excluding hydrogens is 392 g/mol. The van der Waals surface area contributed by atoms with Crippen molar-refractivity contribution in [1.82, 2.24) is 24.2 Å². The summed E-state index contributed by atoms with van der Waals surface area (Å²) >= 11 is 0. The first-order chi connectivity index (χ1) is 15.2. The Kier molecular flexibility index (Phi) is 4.76. The van der Waals surface area contributed by atoms with Crippen molar-refractivity contribution >= 4 is 39.4 Å². The summed E-state index contributed by atoms with van der Waals surface area (Å²) in [5, 5.41) is 5.02. The Hall–Kier alpha value is -3.91. The fourth-order valence-corrected chi connectivity index (χ4v) is 3.59. The Morgan fingerprint density at radius 1 is 1.06 bits per heavy atom. The van der Waals surface area contributed by atoms with Crippen molar-refractivity contribution in [2.75, 3.05) is 13.7 Å². The maximum atomic E-state index is 13.3. The molecular formula is C23H20N6O2. The molecule has 0 aliphatic heterocycles. The van der Waals surface area contributed by atoms with Gasteiger partial charge in [0.15, 0.2) is 11.3 Å². The fourth-order valence-electron chi connectivity index (χ4n) is 3.59. The average Bonchev–Trinajstić information content (AvgIpc) is 3.09. The molecule has 3 aromatic heterocycles. The molecule has 3 heterocycles. The molecule has 0 unspecified atom stereocenters. The molecule has 0 amide bonds. The number of hydrogen-bond donors (Lipinski definition) is 0. The van der Waals surface area contributed by atoms with Crippen molar-refractivity contribution < 1.29 is 4.74 Å². The number of aromatic nitrogens is 5. The number of para-hydroxylation sites is 2. The molecule has 0 radical (unpaired) electrons. The van der Waals surface area contributed by atoms with E-state index in [4.69, 9.17) is 14.7 Å². The summed E-state index contributed by atoms with van der Waals surface area (Å²) in [4.78, 5) is 27.3. The summed E-state index contributed by atoms with van der Waals surface area (Å²) < 4.78 is 8.23. The van der Waals surface area contributed by atoms with Crippen LogP contribution in [0.1, 0.15) is 11.1 Å². The largest absolute Gasteiger partial charge is 0.383 e. The molecule has 0 aliphatic rings. The van der Waals surface area contributed by atoms with Crippen molar-refractivity contribution in [3.05, 3.63) is 76.3 Å². The lowest BCUT2D eigenvalue weighted by Crippen LogP contribution is -2.22. The van der Waals surface area contributed by atoms with Gasteiger partial charge in [0.2, 0.25) is 0 Å². The Labute approximate surface area is 177 Å². The molecule has 0 spiro atoms. The summed E-state index contributed by atoms with van der Waals surface area (Å²) in [6.07, 6.45) is 3.25. The van der Waals surface area contributed by atoms with Gasteiger partial charge >= 0.3 is 0 Å². The second-order valence-corrected chi connectivity index (χ2v) is 7.29. The molecule has 8 heteroatoms. The van der Waals surface area contributed by atoms with Crippen LogP contribution in [0.25, 0.3) is 33.2 Å². The molecule has 0 saturated carbocycles. The quantitative estimate of drug-likeness (QED) is 0.414. The highest BCUT2D eigenvalue weighted by Gasteiger charge is 2.19. The Bertz CT molecular complexity index is 1520. The minimum absolute atomic E-state index is 0.193. The maximum absolute atomic E-state index is 13.3. The molecule has 154 valence electrons.